The van der Waals surface area contributed by atoms with Crippen LogP contribution in [0.1, 0.15) is 51.7 Å². The van der Waals surface area contributed by atoms with Crippen LogP contribution < -0.4 is 5.32 Å². The first-order valence-corrected chi connectivity index (χ1v) is 10.1. The molecular weight excluding hydrogens is 364 g/mol. The molecule has 1 atom stereocenters. The predicted octanol–water partition coefficient (Wildman–Crippen LogP) is 4.91. The van der Waals surface area contributed by atoms with Crippen molar-refractivity contribution in [3.8, 4) is 0 Å². The van der Waals surface area contributed by atoms with Gasteiger partial charge in [0.25, 0.3) is 0 Å². The molecule has 0 aliphatic heterocycles. The van der Waals surface area contributed by atoms with E-state index in [2.05, 4.69) is 5.32 Å². The van der Waals surface area contributed by atoms with E-state index < -0.39 is 5.60 Å². The molecule has 0 aromatic heterocycles. The number of hydrogen-bond donors (Lipinski definition) is 1. The zero-order valence-corrected chi connectivity index (χ0v) is 17.9. The third kappa shape index (κ3) is 8.38. The van der Waals surface area contributed by atoms with Gasteiger partial charge in [-0.05, 0) is 45.2 Å². The second-order valence-electron chi connectivity index (χ2n) is 8.24. The molecule has 0 saturated carbocycles. The summed E-state index contributed by atoms with van der Waals surface area (Å²) in [6.07, 6.45) is 0.549. The van der Waals surface area contributed by atoms with Crippen LogP contribution in [0.15, 0.2) is 60.7 Å². The predicted molar refractivity (Wildman–Crippen MR) is 115 cm³/mol. The molecule has 0 bridgehead atoms. The van der Waals surface area contributed by atoms with Gasteiger partial charge in [-0.15, -0.1) is 0 Å². The monoisotopic (exact) mass is 396 g/mol. The van der Waals surface area contributed by atoms with Crippen molar-refractivity contribution in [1.29, 1.82) is 0 Å². The van der Waals surface area contributed by atoms with E-state index in [1.807, 2.05) is 88.4 Å². The van der Waals surface area contributed by atoms with Gasteiger partial charge in [0.2, 0.25) is 5.91 Å². The molecule has 1 N–H and O–H groups in total. The number of ether oxygens (including phenoxy) is 1. The number of hydrogen-bond acceptors (Lipinski definition) is 3. The quantitative estimate of drug-likeness (QED) is 0.690. The number of amides is 2. The summed E-state index contributed by atoms with van der Waals surface area (Å²) in [5.41, 5.74) is 1.52. The summed E-state index contributed by atoms with van der Waals surface area (Å²) < 4.78 is 5.59. The first kappa shape index (κ1) is 22.5. The van der Waals surface area contributed by atoms with Crippen LogP contribution in [-0.2, 0) is 22.6 Å². The van der Waals surface area contributed by atoms with Crippen molar-refractivity contribution in [3.63, 3.8) is 0 Å². The van der Waals surface area contributed by atoms with Crippen molar-refractivity contribution in [1.82, 2.24) is 10.2 Å². The fourth-order valence-corrected chi connectivity index (χ4v) is 2.88. The summed E-state index contributed by atoms with van der Waals surface area (Å²) in [6.45, 7) is 8.47. The average Bonchev–Trinajstić information content (AvgIpc) is 2.69. The van der Waals surface area contributed by atoms with Crippen molar-refractivity contribution < 1.29 is 14.3 Å². The Kier molecular flexibility index (Phi) is 8.25. The summed E-state index contributed by atoms with van der Waals surface area (Å²) in [5, 5.41) is 2.94. The molecule has 0 aliphatic rings. The SMILES string of the molecule is CC(CCC(=O)NCc1ccccc1)N(Cc1ccccc1)C(=O)OC(C)(C)C. The van der Waals surface area contributed by atoms with Crippen molar-refractivity contribution >= 4 is 12.0 Å². The Hall–Kier alpha value is -2.82. The van der Waals surface area contributed by atoms with E-state index in [1.165, 1.54) is 0 Å². The van der Waals surface area contributed by atoms with Crippen LogP contribution in [-0.4, -0.2) is 28.5 Å². The Morgan fingerprint density at radius 3 is 2.07 bits per heavy atom. The van der Waals surface area contributed by atoms with Crippen LogP contribution in [0.3, 0.4) is 0 Å². The van der Waals surface area contributed by atoms with E-state index in [4.69, 9.17) is 4.74 Å². The Morgan fingerprint density at radius 1 is 0.966 bits per heavy atom. The van der Waals surface area contributed by atoms with Crippen LogP contribution in [0.25, 0.3) is 0 Å². The summed E-state index contributed by atoms with van der Waals surface area (Å²) in [4.78, 5) is 26.7. The molecule has 0 spiro atoms. The Morgan fingerprint density at radius 2 is 1.52 bits per heavy atom. The van der Waals surface area contributed by atoms with E-state index in [0.717, 1.165) is 11.1 Å². The molecule has 2 rings (SSSR count). The van der Waals surface area contributed by atoms with Gasteiger partial charge in [0.1, 0.15) is 5.60 Å². The van der Waals surface area contributed by atoms with Crippen molar-refractivity contribution in [2.75, 3.05) is 0 Å². The van der Waals surface area contributed by atoms with Gasteiger partial charge in [-0.2, -0.15) is 0 Å². The molecule has 2 aromatic rings. The second kappa shape index (κ2) is 10.6. The molecule has 29 heavy (non-hydrogen) atoms. The Bertz CT molecular complexity index is 770. The van der Waals surface area contributed by atoms with Crippen LogP contribution in [0.2, 0.25) is 0 Å². The molecule has 0 radical (unpaired) electrons. The molecular formula is C24H32N2O3. The molecule has 5 heteroatoms. The zero-order chi connectivity index (χ0) is 21.3. The van der Waals surface area contributed by atoms with Crippen LogP contribution >= 0.6 is 0 Å². The van der Waals surface area contributed by atoms with Gasteiger partial charge in [-0.1, -0.05) is 60.7 Å². The molecule has 156 valence electrons. The minimum atomic E-state index is -0.571. The molecule has 2 aromatic carbocycles. The third-order valence-electron chi connectivity index (χ3n) is 4.48. The van der Waals surface area contributed by atoms with Crippen LogP contribution in [0.4, 0.5) is 4.79 Å². The van der Waals surface area contributed by atoms with Crippen molar-refractivity contribution in [2.45, 2.75) is 65.3 Å². The molecule has 0 aliphatic carbocycles. The van der Waals surface area contributed by atoms with Gasteiger partial charge in [0.15, 0.2) is 0 Å². The Balaban J connectivity index is 1.94. The molecule has 5 nitrogen and oxygen atoms in total. The maximum absolute atomic E-state index is 12.8. The molecule has 0 fully saturated rings. The van der Waals surface area contributed by atoms with E-state index in [9.17, 15) is 9.59 Å². The standard InChI is InChI=1S/C24H32N2O3/c1-19(15-16-22(27)25-17-20-11-7-5-8-12-20)26(23(28)29-24(2,3)4)18-21-13-9-6-10-14-21/h5-14,19H,15-18H2,1-4H3,(H,25,27). The highest BCUT2D eigenvalue weighted by molar-refractivity contribution is 5.76. The van der Waals surface area contributed by atoms with Crippen LogP contribution in [0.5, 0.6) is 0 Å². The van der Waals surface area contributed by atoms with Gasteiger partial charge in [0, 0.05) is 25.6 Å². The van der Waals surface area contributed by atoms with Crippen molar-refractivity contribution in [3.05, 3.63) is 71.8 Å². The lowest BCUT2D eigenvalue weighted by molar-refractivity contribution is -0.121. The summed E-state index contributed by atoms with van der Waals surface area (Å²) in [6, 6.07) is 19.5. The largest absolute Gasteiger partial charge is 0.444 e. The number of rotatable bonds is 8. The minimum Gasteiger partial charge on any atom is -0.444 e. The maximum Gasteiger partial charge on any atom is 0.410 e. The fraction of sp³-hybridized carbons (Fsp3) is 0.417. The minimum absolute atomic E-state index is 0.0236. The molecule has 0 saturated heterocycles. The lowest BCUT2D eigenvalue weighted by Crippen LogP contribution is -2.42. The number of carbonyl (C=O) groups excluding carboxylic acids is 2. The van der Waals surface area contributed by atoms with Gasteiger partial charge < -0.3 is 15.0 Å². The lowest BCUT2D eigenvalue weighted by Gasteiger charge is -2.32. The van der Waals surface area contributed by atoms with E-state index >= 15 is 0 Å². The van der Waals surface area contributed by atoms with E-state index in [1.54, 1.807) is 4.90 Å². The number of nitrogens with one attached hydrogen (secondary N) is 1. The van der Waals surface area contributed by atoms with Gasteiger partial charge >= 0.3 is 6.09 Å². The lowest BCUT2D eigenvalue weighted by atomic mass is 10.1. The smallest absolute Gasteiger partial charge is 0.410 e. The number of benzene rings is 2. The first-order chi connectivity index (χ1) is 13.7. The highest BCUT2D eigenvalue weighted by Gasteiger charge is 2.26. The number of carbonyl (C=O) groups is 2. The van der Waals surface area contributed by atoms with Crippen molar-refractivity contribution in [2.24, 2.45) is 0 Å². The molecule has 2 amide bonds. The normalized spacial score (nSPS) is 12.1. The van der Waals surface area contributed by atoms with E-state index in [0.29, 0.717) is 25.9 Å². The third-order valence-corrected chi connectivity index (χ3v) is 4.48. The summed E-state index contributed by atoms with van der Waals surface area (Å²) in [7, 11) is 0. The van der Waals surface area contributed by atoms with Gasteiger partial charge in [-0.3, -0.25) is 4.79 Å². The first-order valence-electron chi connectivity index (χ1n) is 10.1. The van der Waals surface area contributed by atoms with E-state index in [-0.39, 0.29) is 18.0 Å². The fourth-order valence-electron chi connectivity index (χ4n) is 2.88. The van der Waals surface area contributed by atoms with Gasteiger partial charge in [-0.25, -0.2) is 4.79 Å². The number of nitrogens with zero attached hydrogens (tertiary/aromatic N) is 1. The summed E-state index contributed by atoms with van der Waals surface area (Å²) in [5.74, 6) is -0.0236. The Labute approximate surface area is 174 Å². The average molecular weight is 397 g/mol. The highest BCUT2D eigenvalue weighted by atomic mass is 16.6. The highest BCUT2D eigenvalue weighted by Crippen LogP contribution is 2.17. The molecule has 1 unspecified atom stereocenters. The van der Waals surface area contributed by atoms with Gasteiger partial charge in [0.05, 0.1) is 0 Å². The zero-order valence-electron chi connectivity index (χ0n) is 17.9. The maximum atomic E-state index is 12.8. The summed E-state index contributed by atoms with van der Waals surface area (Å²) >= 11 is 0. The van der Waals surface area contributed by atoms with Crippen LogP contribution in [0, 0.1) is 0 Å². The second-order valence-corrected chi connectivity index (χ2v) is 8.24. The molecule has 0 heterocycles. The topological polar surface area (TPSA) is 58.6 Å².